The molecule has 0 spiro atoms. The minimum absolute atomic E-state index is 0. The smallest absolute Gasteiger partial charge is 0.133 e. The monoisotopic (exact) mass is 349 g/mol. The predicted molar refractivity (Wildman–Crippen MR) is 54.9 cm³/mol. The van der Waals surface area contributed by atoms with Crippen LogP contribution in [0.25, 0.3) is 0 Å². The van der Waals surface area contributed by atoms with Crippen LogP contribution in [0.15, 0.2) is 0 Å². The summed E-state index contributed by atoms with van der Waals surface area (Å²) in [6, 6.07) is 0. The summed E-state index contributed by atoms with van der Waals surface area (Å²) in [4.78, 5) is 0. The third kappa shape index (κ3) is 9.26. The average molecular weight is 350 g/mol. The van der Waals surface area contributed by atoms with Gasteiger partial charge in [-0.2, -0.15) is 0 Å². The second-order valence-electron chi connectivity index (χ2n) is 3.84. The second-order valence-corrected chi connectivity index (χ2v) is 4.34. The number of quaternary nitrogens is 1. The summed E-state index contributed by atoms with van der Waals surface area (Å²) >= 11 is 3.51. The first-order valence-electron chi connectivity index (χ1n) is 4.50. The molecule has 76 valence electrons. The summed E-state index contributed by atoms with van der Waals surface area (Å²) < 4.78 is 1.10. The molecule has 0 saturated carbocycles. The highest BCUT2D eigenvalue weighted by Gasteiger charge is 2.10. The maximum atomic E-state index is 3.51. The predicted octanol–water partition coefficient (Wildman–Crippen LogP) is -0.000500. The lowest BCUT2D eigenvalue weighted by Crippen LogP contribution is -3.00. The molecule has 1 nitrogen and oxygen atoms in total. The fourth-order valence-electron chi connectivity index (χ4n) is 1.03. The van der Waals surface area contributed by atoms with Crippen molar-refractivity contribution in [3.05, 3.63) is 0 Å². The molecule has 0 bridgehead atoms. The average Bonchev–Trinajstić information content (AvgIpc) is 1.99. The Labute approximate surface area is 103 Å². The van der Waals surface area contributed by atoms with Crippen molar-refractivity contribution in [3.63, 3.8) is 0 Å². The highest BCUT2D eigenvalue weighted by molar-refractivity contribution is 9.09. The van der Waals surface area contributed by atoms with Crippen LogP contribution in [-0.2, 0) is 0 Å². The van der Waals surface area contributed by atoms with E-state index in [1.807, 2.05) is 0 Å². The Kier molecular flexibility index (Phi) is 11.4. The lowest BCUT2D eigenvalue weighted by atomic mass is 10.2. The van der Waals surface area contributed by atoms with Crippen LogP contribution in [0, 0.1) is 0 Å². The molecule has 0 N–H and O–H groups in total. The van der Waals surface area contributed by atoms with E-state index in [2.05, 4.69) is 36.9 Å². The van der Waals surface area contributed by atoms with Crippen molar-refractivity contribution >= 4 is 15.9 Å². The summed E-state index contributed by atoms with van der Waals surface area (Å²) in [6.45, 7) is 3.55. The number of alkyl halides is 1. The molecule has 0 unspecified atom stereocenters. The molecule has 0 radical (unpaired) electrons. The normalized spacial score (nSPS) is 11.0. The molecule has 0 amide bonds. The van der Waals surface area contributed by atoms with Crippen molar-refractivity contribution in [1.29, 1.82) is 0 Å². The van der Waals surface area contributed by atoms with Crippen molar-refractivity contribution in [2.75, 3.05) is 26.1 Å². The number of hydrogen-bond donors (Lipinski definition) is 0. The SMILES string of the molecule is CCCCCC[N+](C)(C)CBr.[I-]. The summed E-state index contributed by atoms with van der Waals surface area (Å²) in [5.41, 5.74) is 1.07. The van der Waals surface area contributed by atoms with Crippen molar-refractivity contribution in [2.45, 2.75) is 32.6 Å². The van der Waals surface area contributed by atoms with Gasteiger partial charge in [0, 0.05) is 0 Å². The maximum absolute atomic E-state index is 3.51. The van der Waals surface area contributed by atoms with E-state index < -0.39 is 0 Å². The van der Waals surface area contributed by atoms with Gasteiger partial charge in [0.1, 0.15) is 5.45 Å². The quantitative estimate of drug-likeness (QED) is 0.208. The number of halogens is 2. The minimum Gasteiger partial charge on any atom is -1.00 e. The lowest BCUT2D eigenvalue weighted by molar-refractivity contribution is -0.876. The zero-order valence-corrected chi connectivity index (χ0v) is 12.2. The summed E-state index contributed by atoms with van der Waals surface area (Å²) in [5, 5.41) is 0. The first-order chi connectivity index (χ1) is 5.12. The number of hydrogen-bond acceptors (Lipinski definition) is 0. The van der Waals surface area contributed by atoms with Gasteiger partial charge in [0.2, 0.25) is 0 Å². The Morgan fingerprint density at radius 1 is 1.08 bits per heavy atom. The lowest BCUT2D eigenvalue weighted by Gasteiger charge is -2.26. The Morgan fingerprint density at radius 2 is 1.67 bits per heavy atom. The Morgan fingerprint density at radius 3 is 2.08 bits per heavy atom. The van der Waals surface area contributed by atoms with E-state index in [9.17, 15) is 0 Å². The van der Waals surface area contributed by atoms with Gasteiger partial charge in [-0.1, -0.05) is 19.8 Å². The first-order valence-corrected chi connectivity index (χ1v) is 5.62. The molecular formula is C9H21BrIN. The van der Waals surface area contributed by atoms with Crippen molar-refractivity contribution in [1.82, 2.24) is 0 Å². The summed E-state index contributed by atoms with van der Waals surface area (Å²) in [6.07, 6.45) is 5.49. The van der Waals surface area contributed by atoms with Gasteiger partial charge in [-0.25, -0.2) is 0 Å². The molecule has 0 aliphatic rings. The highest BCUT2D eigenvalue weighted by Crippen LogP contribution is 2.06. The Bertz CT molecular complexity index is 96.5. The number of rotatable bonds is 6. The van der Waals surface area contributed by atoms with Crippen molar-refractivity contribution in [3.8, 4) is 0 Å². The van der Waals surface area contributed by atoms with Gasteiger partial charge >= 0.3 is 0 Å². The molecule has 0 atom stereocenters. The fourth-order valence-corrected chi connectivity index (χ4v) is 1.28. The van der Waals surface area contributed by atoms with Gasteiger partial charge in [-0.15, -0.1) is 0 Å². The molecule has 0 aromatic heterocycles. The van der Waals surface area contributed by atoms with Gasteiger partial charge in [-0.3, -0.25) is 0 Å². The molecule has 12 heavy (non-hydrogen) atoms. The van der Waals surface area contributed by atoms with Gasteiger partial charge < -0.3 is 28.5 Å². The topological polar surface area (TPSA) is 0 Å². The molecule has 0 aromatic rings. The highest BCUT2D eigenvalue weighted by atomic mass is 127. The van der Waals surface area contributed by atoms with E-state index in [1.54, 1.807) is 0 Å². The molecule has 0 aliphatic heterocycles. The van der Waals surface area contributed by atoms with Crippen LogP contribution in [0.2, 0.25) is 0 Å². The van der Waals surface area contributed by atoms with Crippen LogP contribution in [0.4, 0.5) is 0 Å². The molecule has 0 heterocycles. The minimum atomic E-state index is 0. The molecule has 0 aliphatic carbocycles. The standard InChI is InChI=1S/C9H21BrN.HI/c1-4-5-6-7-8-11(2,3)9-10;/h4-9H2,1-3H3;1H/q+1;/p-1. The van der Waals surface area contributed by atoms with E-state index in [-0.39, 0.29) is 24.0 Å². The Balaban J connectivity index is 0. The Hall–Kier alpha value is 1.17. The van der Waals surface area contributed by atoms with E-state index in [4.69, 9.17) is 0 Å². The molecule has 0 saturated heterocycles. The van der Waals surface area contributed by atoms with Crippen molar-refractivity contribution < 1.29 is 28.5 Å². The van der Waals surface area contributed by atoms with Crippen LogP contribution in [0.3, 0.4) is 0 Å². The maximum Gasteiger partial charge on any atom is 0.133 e. The number of nitrogens with zero attached hydrogens (tertiary/aromatic N) is 1. The van der Waals surface area contributed by atoms with Crippen LogP contribution < -0.4 is 24.0 Å². The molecule has 0 fully saturated rings. The molecule has 0 aromatic carbocycles. The molecule has 3 heteroatoms. The van der Waals surface area contributed by atoms with Gasteiger partial charge in [0.15, 0.2) is 0 Å². The second kappa shape index (κ2) is 8.75. The third-order valence-corrected chi connectivity index (χ3v) is 3.30. The van der Waals surface area contributed by atoms with Crippen LogP contribution in [-0.4, -0.2) is 30.6 Å². The van der Waals surface area contributed by atoms with E-state index in [0.717, 1.165) is 9.94 Å². The molecule has 0 rings (SSSR count). The van der Waals surface area contributed by atoms with Gasteiger partial charge in [0.25, 0.3) is 0 Å². The van der Waals surface area contributed by atoms with E-state index >= 15 is 0 Å². The largest absolute Gasteiger partial charge is 1.00 e. The summed E-state index contributed by atoms with van der Waals surface area (Å²) in [7, 11) is 4.53. The van der Waals surface area contributed by atoms with E-state index in [1.165, 1.54) is 32.2 Å². The first kappa shape index (κ1) is 15.6. The summed E-state index contributed by atoms with van der Waals surface area (Å²) in [5.74, 6) is 0. The zero-order valence-electron chi connectivity index (χ0n) is 8.45. The third-order valence-electron chi connectivity index (χ3n) is 1.94. The molecular weight excluding hydrogens is 329 g/mol. The van der Waals surface area contributed by atoms with Crippen LogP contribution in [0.5, 0.6) is 0 Å². The zero-order chi connectivity index (χ0) is 8.74. The van der Waals surface area contributed by atoms with Gasteiger partial charge in [0.05, 0.1) is 20.6 Å². The van der Waals surface area contributed by atoms with Gasteiger partial charge in [-0.05, 0) is 28.8 Å². The van der Waals surface area contributed by atoms with E-state index in [0.29, 0.717) is 0 Å². The van der Waals surface area contributed by atoms with Crippen molar-refractivity contribution in [2.24, 2.45) is 0 Å². The fraction of sp³-hybridized carbons (Fsp3) is 1.00. The number of unbranched alkanes of at least 4 members (excludes halogenated alkanes) is 3. The van der Waals surface area contributed by atoms with Crippen LogP contribution >= 0.6 is 15.9 Å². The van der Waals surface area contributed by atoms with Crippen LogP contribution in [0.1, 0.15) is 32.6 Å².